The highest BCUT2D eigenvalue weighted by Gasteiger charge is 2.36. The molecule has 2 atom stereocenters. The average molecular weight is 400 g/mol. The van der Waals surface area contributed by atoms with Gasteiger partial charge in [0.25, 0.3) is 0 Å². The van der Waals surface area contributed by atoms with Crippen LogP contribution >= 0.6 is 0 Å². The molecule has 0 radical (unpaired) electrons. The minimum Gasteiger partial charge on any atom is -0.493 e. The van der Waals surface area contributed by atoms with Crippen molar-refractivity contribution in [2.75, 3.05) is 34.0 Å². The van der Waals surface area contributed by atoms with Crippen molar-refractivity contribution in [2.45, 2.75) is 32.4 Å². The second kappa shape index (κ2) is 9.24. The molecule has 29 heavy (non-hydrogen) atoms. The fraction of sp³-hybridized carbons (Fsp3) is 0.455. The van der Waals surface area contributed by atoms with Gasteiger partial charge < -0.3 is 24.2 Å². The molecule has 0 aliphatic carbocycles. The van der Waals surface area contributed by atoms with E-state index in [9.17, 15) is 9.90 Å². The zero-order valence-corrected chi connectivity index (χ0v) is 17.3. The van der Waals surface area contributed by atoms with Gasteiger partial charge in [0.2, 0.25) is 5.91 Å². The summed E-state index contributed by atoms with van der Waals surface area (Å²) in [5.74, 6) is 1.16. The predicted molar refractivity (Wildman–Crippen MR) is 108 cm³/mol. The number of carbonyl (C=O) groups excluding carboxylic acids is 1. The normalized spacial score (nSPS) is 19.1. The predicted octanol–water partition coefficient (Wildman–Crippen LogP) is 2.22. The lowest BCUT2D eigenvalue weighted by Gasteiger charge is -2.41. The maximum absolute atomic E-state index is 13.2. The quantitative estimate of drug-likeness (QED) is 0.801. The van der Waals surface area contributed by atoms with E-state index in [1.807, 2.05) is 38.1 Å². The van der Waals surface area contributed by atoms with Crippen LogP contribution in [0.4, 0.5) is 0 Å². The summed E-state index contributed by atoms with van der Waals surface area (Å²) in [5, 5.41) is 9.88. The van der Waals surface area contributed by atoms with Gasteiger partial charge in [0.15, 0.2) is 11.5 Å². The van der Waals surface area contributed by atoms with Crippen molar-refractivity contribution in [3.8, 4) is 11.5 Å². The Morgan fingerprint density at radius 3 is 2.48 bits per heavy atom. The van der Waals surface area contributed by atoms with Gasteiger partial charge in [-0.25, -0.2) is 0 Å². The van der Waals surface area contributed by atoms with E-state index in [4.69, 9.17) is 14.2 Å². The van der Waals surface area contributed by atoms with Crippen LogP contribution in [0.2, 0.25) is 0 Å². The van der Waals surface area contributed by atoms with Crippen LogP contribution in [-0.2, 0) is 16.0 Å². The van der Waals surface area contributed by atoms with Crippen molar-refractivity contribution in [3.63, 3.8) is 0 Å². The summed E-state index contributed by atoms with van der Waals surface area (Å²) in [5.41, 5.74) is 3.54. The van der Waals surface area contributed by atoms with E-state index in [2.05, 4.69) is 4.98 Å². The first-order chi connectivity index (χ1) is 14.0. The summed E-state index contributed by atoms with van der Waals surface area (Å²) in [6.45, 7) is 4.50. The molecule has 7 heteroatoms. The summed E-state index contributed by atoms with van der Waals surface area (Å²) in [4.78, 5) is 19.4. The number of ether oxygens (including phenoxy) is 3. The molecule has 0 saturated carbocycles. The molecule has 3 rings (SSSR count). The second-order valence-corrected chi connectivity index (χ2v) is 7.17. The smallest absolute Gasteiger partial charge is 0.227 e. The number of methoxy groups -OCH3 is 2. The molecular formula is C22H28N2O5. The number of aryl methyl sites for hydroxylation is 2. The molecule has 156 valence electrons. The van der Waals surface area contributed by atoms with Crippen molar-refractivity contribution >= 4 is 5.91 Å². The van der Waals surface area contributed by atoms with E-state index >= 15 is 0 Å². The third kappa shape index (κ3) is 4.68. The number of pyridine rings is 1. The second-order valence-electron chi connectivity index (χ2n) is 7.17. The number of rotatable bonds is 6. The van der Waals surface area contributed by atoms with Crippen LogP contribution in [0, 0.1) is 13.8 Å². The first-order valence-corrected chi connectivity index (χ1v) is 9.64. The van der Waals surface area contributed by atoms with Gasteiger partial charge in [0.05, 0.1) is 39.9 Å². The van der Waals surface area contributed by atoms with Crippen molar-refractivity contribution < 1.29 is 24.1 Å². The zero-order chi connectivity index (χ0) is 21.0. The Hall–Kier alpha value is -2.64. The summed E-state index contributed by atoms with van der Waals surface area (Å²) >= 11 is 0. The van der Waals surface area contributed by atoms with Gasteiger partial charge in [-0.2, -0.15) is 0 Å². The maximum atomic E-state index is 13.2. The van der Waals surface area contributed by atoms with E-state index < -0.39 is 12.1 Å². The first kappa shape index (κ1) is 21.1. The lowest BCUT2D eigenvalue weighted by atomic mass is 9.96. The number of nitrogens with zero attached hydrogens (tertiary/aromatic N) is 2. The van der Waals surface area contributed by atoms with Crippen molar-refractivity contribution in [1.82, 2.24) is 9.88 Å². The van der Waals surface area contributed by atoms with Gasteiger partial charge >= 0.3 is 0 Å². The molecule has 2 heterocycles. The SMILES string of the molecule is COc1ccc([C@H]2[C@H](CO)OCCN2C(=O)Cc2cc(C)nc(C)c2)cc1OC. The highest BCUT2D eigenvalue weighted by molar-refractivity contribution is 5.79. The number of aliphatic hydroxyl groups is 1. The molecule has 1 aliphatic rings. The van der Waals surface area contributed by atoms with Gasteiger partial charge in [0, 0.05) is 17.9 Å². The van der Waals surface area contributed by atoms with Crippen LogP contribution < -0.4 is 9.47 Å². The molecule has 1 amide bonds. The fourth-order valence-electron chi connectivity index (χ4n) is 3.90. The Morgan fingerprint density at radius 2 is 1.86 bits per heavy atom. The number of carbonyl (C=O) groups is 1. The molecule has 1 aromatic carbocycles. The third-order valence-corrected chi connectivity index (χ3v) is 5.10. The number of hydrogen-bond donors (Lipinski definition) is 1. The number of aromatic nitrogens is 1. The Balaban J connectivity index is 1.92. The van der Waals surface area contributed by atoms with Crippen LogP contribution in [0.25, 0.3) is 0 Å². The zero-order valence-electron chi connectivity index (χ0n) is 17.3. The maximum Gasteiger partial charge on any atom is 0.227 e. The Kier molecular flexibility index (Phi) is 6.71. The van der Waals surface area contributed by atoms with Gasteiger partial charge in [-0.3, -0.25) is 9.78 Å². The van der Waals surface area contributed by atoms with E-state index in [0.29, 0.717) is 24.7 Å². The lowest BCUT2D eigenvalue weighted by Crippen LogP contribution is -2.50. The minimum atomic E-state index is -0.508. The number of hydrogen-bond acceptors (Lipinski definition) is 6. The van der Waals surface area contributed by atoms with E-state index in [1.54, 1.807) is 25.2 Å². The lowest BCUT2D eigenvalue weighted by molar-refractivity contribution is -0.149. The molecule has 0 bridgehead atoms. The summed E-state index contributed by atoms with van der Waals surface area (Å²) in [6.07, 6.45) is -0.238. The summed E-state index contributed by atoms with van der Waals surface area (Å²) < 4.78 is 16.5. The van der Waals surface area contributed by atoms with E-state index in [-0.39, 0.29) is 18.9 Å². The summed E-state index contributed by atoms with van der Waals surface area (Å²) in [6, 6.07) is 8.97. The third-order valence-electron chi connectivity index (χ3n) is 5.10. The topological polar surface area (TPSA) is 81.1 Å². The first-order valence-electron chi connectivity index (χ1n) is 9.64. The van der Waals surface area contributed by atoms with Crippen LogP contribution in [0.15, 0.2) is 30.3 Å². The van der Waals surface area contributed by atoms with Gasteiger partial charge in [0.1, 0.15) is 6.10 Å². The molecule has 7 nitrogen and oxygen atoms in total. The number of morpholine rings is 1. The standard InChI is InChI=1S/C22H28N2O5/c1-14-9-16(10-15(2)23-14)11-21(26)24-7-8-29-20(13-25)22(24)17-5-6-18(27-3)19(12-17)28-4/h5-6,9-10,12,20,22,25H,7-8,11,13H2,1-4H3/t20-,22-/m0/s1. The van der Waals surface area contributed by atoms with Crippen molar-refractivity contribution in [2.24, 2.45) is 0 Å². The number of amides is 1. The van der Waals surface area contributed by atoms with E-state index in [1.165, 1.54) is 0 Å². The van der Waals surface area contributed by atoms with E-state index in [0.717, 1.165) is 22.5 Å². The van der Waals surface area contributed by atoms with Crippen LogP contribution in [0.3, 0.4) is 0 Å². The Labute approximate surface area is 171 Å². The highest BCUT2D eigenvalue weighted by Crippen LogP contribution is 2.36. The number of benzene rings is 1. The van der Waals surface area contributed by atoms with Crippen LogP contribution in [0.5, 0.6) is 11.5 Å². The molecule has 0 spiro atoms. The molecule has 1 N–H and O–H groups in total. The Bertz CT molecular complexity index is 850. The molecule has 1 fully saturated rings. The largest absolute Gasteiger partial charge is 0.493 e. The molecule has 1 aromatic heterocycles. The molecule has 1 saturated heterocycles. The molecule has 0 unspecified atom stereocenters. The fourth-order valence-corrected chi connectivity index (χ4v) is 3.90. The van der Waals surface area contributed by atoms with Crippen molar-refractivity contribution in [3.05, 3.63) is 52.8 Å². The molecule has 2 aromatic rings. The number of aliphatic hydroxyl groups excluding tert-OH is 1. The minimum absolute atomic E-state index is 0.0171. The van der Waals surface area contributed by atoms with Crippen molar-refractivity contribution in [1.29, 1.82) is 0 Å². The van der Waals surface area contributed by atoms with Crippen LogP contribution in [0.1, 0.15) is 28.6 Å². The highest BCUT2D eigenvalue weighted by atomic mass is 16.5. The van der Waals surface area contributed by atoms with Gasteiger partial charge in [-0.1, -0.05) is 6.07 Å². The molecular weight excluding hydrogens is 372 g/mol. The summed E-state index contributed by atoms with van der Waals surface area (Å²) in [7, 11) is 3.14. The average Bonchev–Trinajstić information content (AvgIpc) is 2.71. The molecule has 1 aliphatic heterocycles. The Morgan fingerprint density at radius 1 is 1.17 bits per heavy atom. The van der Waals surface area contributed by atoms with Gasteiger partial charge in [-0.15, -0.1) is 0 Å². The monoisotopic (exact) mass is 400 g/mol. The van der Waals surface area contributed by atoms with Crippen LogP contribution in [-0.4, -0.2) is 61.0 Å². The van der Waals surface area contributed by atoms with Gasteiger partial charge in [-0.05, 0) is 49.2 Å².